The summed E-state index contributed by atoms with van der Waals surface area (Å²) in [5.41, 5.74) is 6.77. The summed E-state index contributed by atoms with van der Waals surface area (Å²) in [4.78, 5) is 19.5. The van der Waals surface area contributed by atoms with Gasteiger partial charge in [0.1, 0.15) is 16.9 Å². The molecule has 2 heterocycles. The van der Waals surface area contributed by atoms with E-state index >= 15 is 0 Å². The molecule has 0 bridgehead atoms. The third-order valence-electron chi connectivity index (χ3n) is 9.24. The monoisotopic (exact) mass is 684 g/mol. The Morgan fingerprint density at radius 2 is 1.27 bits per heavy atom. The average Bonchev–Trinajstić information content (AvgIpc) is 3.70. The molecule has 0 amide bonds. The predicted molar refractivity (Wildman–Crippen MR) is 205 cm³/mol. The van der Waals surface area contributed by atoms with Crippen molar-refractivity contribution in [1.82, 2.24) is 25.2 Å². The van der Waals surface area contributed by atoms with E-state index in [2.05, 4.69) is 131 Å². The van der Waals surface area contributed by atoms with Crippen LogP contribution in [0.25, 0.3) is 22.5 Å². The van der Waals surface area contributed by atoms with Crippen LogP contribution in [0.5, 0.6) is 0 Å². The van der Waals surface area contributed by atoms with Gasteiger partial charge in [-0.1, -0.05) is 146 Å². The van der Waals surface area contributed by atoms with E-state index in [-0.39, 0.29) is 5.97 Å². The first-order valence-corrected chi connectivity index (χ1v) is 17.7. The second-order valence-electron chi connectivity index (χ2n) is 12.5. The number of carbonyl (C=O) groups excluding carboxylic acids is 1. The number of nitrogens with zero attached hydrogens (tertiary/aromatic N) is 6. The van der Waals surface area contributed by atoms with Crippen LogP contribution in [0, 0.1) is 0 Å². The summed E-state index contributed by atoms with van der Waals surface area (Å²) in [7, 11) is 0. The number of anilines is 1. The third-order valence-corrected chi connectivity index (χ3v) is 9.24. The van der Waals surface area contributed by atoms with E-state index < -0.39 is 5.54 Å². The molecule has 7 rings (SSSR count). The Hall–Kier alpha value is -6.41. The maximum Gasteiger partial charge on any atom is 0.341 e. The van der Waals surface area contributed by atoms with Crippen LogP contribution in [-0.4, -0.2) is 44.3 Å². The van der Waals surface area contributed by atoms with Gasteiger partial charge >= 0.3 is 5.97 Å². The van der Waals surface area contributed by atoms with Crippen LogP contribution in [0.15, 0.2) is 158 Å². The molecule has 0 atom stereocenters. The molecule has 0 radical (unpaired) electrons. The van der Waals surface area contributed by atoms with Gasteiger partial charge in [-0.2, -0.15) is 0 Å². The van der Waals surface area contributed by atoms with Crippen LogP contribution < -0.4 is 4.90 Å². The largest absolute Gasteiger partial charge is 0.462 e. The van der Waals surface area contributed by atoms with Crippen LogP contribution in [0.1, 0.15) is 52.9 Å². The number of ether oxygens (including phenoxy) is 1. The number of benzene rings is 5. The molecule has 2 aromatic heterocycles. The number of tetrazole rings is 1. The first-order chi connectivity index (χ1) is 25.6. The van der Waals surface area contributed by atoms with Crippen molar-refractivity contribution in [3.63, 3.8) is 0 Å². The molecule has 5 aromatic carbocycles. The summed E-state index contributed by atoms with van der Waals surface area (Å²) in [5.74, 6) is 0.909. The smallest absolute Gasteiger partial charge is 0.341 e. The number of rotatable bonds is 13. The minimum Gasteiger partial charge on any atom is -0.462 e. The Morgan fingerprint density at radius 3 is 1.85 bits per heavy atom. The fraction of sp³-hybridized carbons (Fsp3) is 0.159. The number of pyridine rings is 1. The Kier molecular flexibility index (Phi) is 10.2. The maximum atomic E-state index is 12.8. The fourth-order valence-electron chi connectivity index (χ4n) is 6.97. The summed E-state index contributed by atoms with van der Waals surface area (Å²) >= 11 is 0. The normalized spacial score (nSPS) is 11.3. The van der Waals surface area contributed by atoms with E-state index in [9.17, 15) is 4.79 Å². The topological polar surface area (TPSA) is 86.0 Å². The van der Waals surface area contributed by atoms with Crippen molar-refractivity contribution in [2.75, 3.05) is 18.1 Å². The third kappa shape index (κ3) is 6.58. The highest BCUT2D eigenvalue weighted by Crippen LogP contribution is 2.43. The van der Waals surface area contributed by atoms with Crippen molar-refractivity contribution in [3.8, 4) is 22.5 Å². The fourth-order valence-corrected chi connectivity index (χ4v) is 6.97. The highest BCUT2D eigenvalue weighted by molar-refractivity contribution is 5.94. The molecule has 0 fully saturated rings. The number of hydrogen-bond acceptors (Lipinski definition) is 7. The van der Waals surface area contributed by atoms with Gasteiger partial charge in [0.2, 0.25) is 0 Å². The van der Waals surface area contributed by atoms with Gasteiger partial charge in [0, 0.05) is 24.8 Å². The number of aromatic nitrogens is 5. The minimum atomic E-state index is -0.865. The molecule has 0 saturated heterocycles. The molecule has 258 valence electrons. The molecule has 7 aromatic rings. The quantitative estimate of drug-likeness (QED) is 0.0886. The lowest BCUT2D eigenvalue weighted by Gasteiger charge is -2.36. The van der Waals surface area contributed by atoms with Crippen LogP contribution in [-0.2, 0) is 16.8 Å². The van der Waals surface area contributed by atoms with Crippen LogP contribution in [0.4, 0.5) is 5.82 Å². The van der Waals surface area contributed by atoms with Gasteiger partial charge < -0.3 is 9.64 Å². The SMILES string of the molecule is CCCN(Cc1ccc(-c2ccccc2-c2nnnn2C(c2ccccc2)(c2ccccc2)c2ccccc2)cc1)c1ncccc1C(=O)OCC. The first-order valence-electron chi connectivity index (χ1n) is 17.7. The number of esters is 1. The van der Waals surface area contributed by atoms with Gasteiger partial charge in [-0.3, -0.25) is 0 Å². The van der Waals surface area contributed by atoms with E-state index in [4.69, 9.17) is 15.0 Å². The van der Waals surface area contributed by atoms with Crippen LogP contribution >= 0.6 is 0 Å². The molecule has 0 unspecified atom stereocenters. The second kappa shape index (κ2) is 15.6. The van der Waals surface area contributed by atoms with Gasteiger partial charge in [-0.15, -0.1) is 5.10 Å². The molecule has 0 aliphatic carbocycles. The van der Waals surface area contributed by atoms with Crippen molar-refractivity contribution < 1.29 is 9.53 Å². The van der Waals surface area contributed by atoms with Gasteiger partial charge in [0.25, 0.3) is 0 Å². The van der Waals surface area contributed by atoms with Crippen molar-refractivity contribution in [2.45, 2.75) is 32.4 Å². The van der Waals surface area contributed by atoms with E-state index in [1.807, 2.05) is 41.9 Å². The average molecular weight is 685 g/mol. The Balaban J connectivity index is 1.30. The van der Waals surface area contributed by atoms with E-state index in [0.717, 1.165) is 51.9 Å². The zero-order valence-corrected chi connectivity index (χ0v) is 29.3. The highest BCUT2D eigenvalue weighted by atomic mass is 16.5. The second-order valence-corrected chi connectivity index (χ2v) is 12.5. The van der Waals surface area contributed by atoms with Gasteiger partial charge in [-0.05, 0) is 69.3 Å². The van der Waals surface area contributed by atoms with Crippen molar-refractivity contribution in [2.24, 2.45) is 0 Å². The van der Waals surface area contributed by atoms with Crippen LogP contribution in [0.3, 0.4) is 0 Å². The Bertz CT molecular complexity index is 2120. The summed E-state index contributed by atoms with van der Waals surface area (Å²) < 4.78 is 7.31. The van der Waals surface area contributed by atoms with E-state index in [1.165, 1.54) is 0 Å². The zero-order valence-electron chi connectivity index (χ0n) is 29.3. The standard InChI is InChI=1S/C44H40N6O2/c1-3-31-49(41-40(25-16-30-45-41)43(51)52-4-2)32-33-26-28-34(29-27-33)38-23-14-15-24-39(38)42-46-47-48-50(42)44(35-17-8-5-9-18-35,36-19-10-6-11-20-36)37-21-12-7-13-22-37/h5-30H,3-4,31-32H2,1-2H3. The van der Waals surface area contributed by atoms with E-state index in [0.29, 0.717) is 30.4 Å². The van der Waals surface area contributed by atoms with Crippen LogP contribution in [0.2, 0.25) is 0 Å². The molecular weight excluding hydrogens is 645 g/mol. The lowest BCUT2D eigenvalue weighted by molar-refractivity contribution is 0.0526. The molecule has 0 saturated carbocycles. The Labute approximate surface area is 304 Å². The zero-order chi connectivity index (χ0) is 35.8. The molecule has 52 heavy (non-hydrogen) atoms. The summed E-state index contributed by atoms with van der Waals surface area (Å²) in [6, 6.07) is 51.6. The lowest BCUT2D eigenvalue weighted by atomic mass is 9.77. The molecule has 0 aliphatic rings. The van der Waals surface area contributed by atoms with Gasteiger partial charge in [0.05, 0.1) is 6.61 Å². The van der Waals surface area contributed by atoms with Crippen molar-refractivity contribution in [3.05, 3.63) is 186 Å². The van der Waals surface area contributed by atoms with Gasteiger partial charge in [0.15, 0.2) is 5.82 Å². The number of hydrogen-bond donors (Lipinski definition) is 0. The Morgan fingerprint density at radius 1 is 0.692 bits per heavy atom. The lowest BCUT2D eigenvalue weighted by Crippen LogP contribution is -2.39. The minimum absolute atomic E-state index is 0.308. The van der Waals surface area contributed by atoms with Crippen molar-refractivity contribution >= 4 is 11.8 Å². The molecule has 0 spiro atoms. The summed E-state index contributed by atoms with van der Waals surface area (Å²) in [6.07, 6.45) is 2.62. The van der Waals surface area contributed by atoms with Gasteiger partial charge in [-0.25, -0.2) is 14.5 Å². The first kappa shape index (κ1) is 34.1. The summed E-state index contributed by atoms with van der Waals surface area (Å²) in [6.45, 7) is 5.57. The molecular formula is C44H40N6O2. The maximum absolute atomic E-state index is 12.8. The molecule has 0 N–H and O–H groups in total. The van der Waals surface area contributed by atoms with E-state index in [1.54, 1.807) is 18.3 Å². The van der Waals surface area contributed by atoms with Crippen molar-refractivity contribution in [1.29, 1.82) is 0 Å². The molecule has 8 nitrogen and oxygen atoms in total. The molecule has 0 aliphatic heterocycles. The predicted octanol–water partition coefficient (Wildman–Crippen LogP) is 8.84. The number of carbonyl (C=O) groups is 1. The summed E-state index contributed by atoms with van der Waals surface area (Å²) in [5, 5.41) is 13.8. The molecule has 8 heteroatoms. The highest BCUT2D eigenvalue weighted by Gasteiger charge is 2.42.